The van der Waals surface area contributed by atoms with Crippen LogP contribution in [-0.4, -0.2) is 31.0 Å². The minimum Gasteiger partial charge on any atom is -0.381 e. The predicted octanol–water partition coefficient (Wildman–Crippen LogP) is 1.11. The smallest absolute Gasteiger partial charge is 0.250 e. The summed E-state index contributed by atoms with van der Waals surface area (Å²) >= 11 is 0. The Morgan fingerprint density at radius 2 is 2.47 bits per heavy atom. The van der Waals surface area contributed by atoms with E-state index >= 15 is 0 Å². The van der Waals surface area contributed by atoms with Gasteiger partial charge in [0, 0.05) is 19.6 Å². The van der Waals surface area contributed by atoms with Crippen molar-refractivity contribution in [3.63, 3.8) is 0 Å². The van der Waals surface area contributed by atoms with E-state index < -0.39 is 0 Å². The average Bonchev–Trinajstić information content (AvgIpc) is 2.79. The SMILES string of the molecule is CCCC1N=C(CC2CCOC2)NC1=O. The van der Waals surface area contributed by atoms with Crippen molar-refractivity contribution >= 4 is 11.7 Å². The molecule has 1 N–H and O–H groups in total. The number of ether oxygens (including phenoxy) is 1. The molecule has 0 spiro atoms. The first kappa shape index (κ1) is 10.6. The van der Waals surface area contributed by atoms with Gasteiger partial charge < -0.3 is 10.1 Å². The number of hydrogen-bond donors (Lipinski definition) is 1. The van der Waals surface area contributed by atoms with Crippen LogP contribution in [0.15, 0.2) is 4.99 Å². The van der Waals surface area contributed by atoms with Gasteiger partial charge in [0.15, 0.2) is 0 Å². The van der Waals surface area contributed by atoms with Gasteiger partial charge in [-0.25, -0.2) is 0 Å². The number of amides is 1. The first-order valence-electron chi connectivity index (χ1n) is 5.75. The minimum absolute atomic E-state index is 0.0748. The molecule has 1 fully saturated rings. The minimum atomic E-state index is -0.132. The van der Waals surface area contributed by atoms with Crippen molar-refractivity contribution in [1.82, 2.24) is 5.32 Å². The molecule has 0 radical (unpaired) electrons. The summed E-state index contributed by atoms with van der Waals surface area (Å²) in [4.78, 5) is 15.9. The molecule has 2 unspecified atom stereocenters. The molecule has 1 saturated heterocycles. The zero-order chi connectivity index (χ0) is 10.7. The molecule has 1 amide bonds. The highest BCUT2D eigenvalue weighted by atomic mass is 16.5. The van der Waals surface area contributed by atoms with Crippen molar-refractivity contribution < 1.29 is 9.53 Å². The third kappa shape index (κ3) is 2.56. The van der Waals surface area contributed by atoms with E-state index in [-0.39, 0.29) is 11.9 Å². The number of hydrogen-bond acceptors (Lipinski definition) is 3. The van der Waals surface area contributed by atoms with Crippen LogP contribution in [0, 0.1) is 5.92 Å². The highest BCUT2D eigenvalue weighted by Crippen LogP contribution is 2.19. The van der Waals surface area contributed by atoms with Gasteiger partial charge in [-0.2, -0.15) is 0 Å². The zero-order valence-corrected chi connectivity index (χ0v) is 9.16. The maximum absolute atomic E-state index is 11.5. The molecule has 0 aliphatic carbocycles. The largest absolute Gasteiger partial charge is 0.381 e. The molecule has 2 heterocycles. The molecule has 4 heteroatoms. The van der Waals surface area contributed by atoms with Crippen molar-refractivity contribution in [2.45, 2.75) is 38.6 Å². The normalized spacial score (nSPS) is 30.5. The Morgan fingerprint density at radius 3 is 3.13 bits per heavy atom. The van der Waals surface area contributed by atoms with Gasteiger partial charge in [-0.3, -0.25) is 9.79 Å². The molecule has 2 aliphatic heterocycles. The maximum atomic E-state index is 11.5. The number of aliphatic imine (C=N–C) groups is 1. The Balaban J connectivity index is 1.87. The molecule has 84 valence electrons. The third-order valence-corrected chi connectivity index (χ3v) is 2.95. The Hall–Kier alpha value is -0.900. The second kappa shape index (κ2) is 4.75. The maximum Gasteiger partial charge on any atom is 0.250 e. The van der Waals surface area contributed by atoms with Crippen LogP contribution in [0.4, 0.5) is 0 Å². The van der Waals surface area contributed by atoms with Crippen LogP contribution < -0.4 is 5.32 Å². The van der Waals surface area contributed by atoms with Crippen molar-refractivity contribution in [1.29, 1.82) is 0 Å². The van der Waals surface area contributed by atoms with E-state index in [0.717, 1.165) is 44.7 Å². The van der Waals surface area contributed by atoms with Gasteiger partial charge in [-0.05, 0) is 18.8 Å². The predicted molar refractivity (Wildman–Crippen MR) is 57.8 cm³/mol. The van der Waals surface area contributed by atoms with E-state index in [2.05, 4.69) is 17.2 Å². The number of nitrogens with one attached hydrogen (secondary N) is 1. The van der Waals surface area contributed by atoms with Crippen LogP contribution in [0.2, 0.25) is 0 Å². The van der Waals surface area contributed by atoms with Crippen LogP contribution in [0.25, 0.3) is 0 Å². The molecule has 15 heavy (non-hydrogen) atoms. The summed E-state index contributed by atoms with van der Waals surface area (Å²) in [5, 5.41) is 2.87. The van der Waals surface area contributed by atoms with Crippen LogP contribution in [-0.2, 0) is 9.53 Å². The fraction of sp³-hybridized carbons (Fsp3) is 0.818. The topological polar surface area (TPSA) is 50.7 Å². The molecule has 4 nitrogen and oxygen atoms in total. The third-order valence-electron chi connectivity index (χ3n) is 2.95. The number of nitrogens with zero attached hydrogens (tertiary/aromatic N) is 1. The molecule has 2 atom stereocenters. The monoisotopic (exact) mass is 210 g/mol. The Bertz CT molecular complexity index is 270. The molecule has 0 bridgehead atoms. The van der Waals surface area contributed by atoms with Gasteiger partial charge >= 0.3 is 0 Å². The van der Waals surface area contributed by atoms with Crippen molar-refractivity contribution in [2.24, 2.45) is 10.9 Å². The molecular weight excluding hydrogens is 192 g/mol. The second-order valence-electron chi connectivity index (χ2n) is 4.30. The Labute approximate surface area is 90.1 Å². The lowest BCUT2D eigenvalue weighted by atomic mass is 10.0. The molecule has 0 aromatic rings. The van der Waals surface area contributed by atoms with E-state index in [1.54, 1.807) is 0 Å². The van der Waals surface area contributed by atoms with Crippen molar-refractivity contribution in [2.75, 3.05) is 13.2 Å². The van der Waals surface area contributed by atoms with E-state index in [9.17, 15) is 4.79 Å². The quantitative estimate of drug-likeness (QED) is 0.755. The van der Waals surface area contributed by atoms with Crippen LogP contribution >= 0.6 is 0 Å². The second-order valence-corrected chi connectivity index (χ2v) is 4.30. The molecule has 2 rings (SSSR count). The summed E-state index contributed by atoms with van der Waals surface area (Å²) in [6.45, 7) is 3.74. The summed E-state index contributed by atoms with van der Waals surface area (Å²) in [7, 11) is 0. The fourth-order valence-corrected chi connectivity index (χ4v) is 2.10. The van der Waals surface area contributed by atoms with Gasteiger partial charge in [0.05, 0.1) is 0 Å². The highest BCUT2D eigenvalue weighted by molar-refractivity contribution is 6.05. The van der Waals surface area contributed by atoms with Crippen molar-refractivity contribution in [3.05, 3.63) is 0 Å². The summed E-state index contributed by atoms with van der Waals surface area (Å²) in [5.74, 6) is 1.49. The molecule has 0 aromatic carbocycles. The lowest BCUT2D eigenvalue weighted by molar-refractivity contribution is -0.120. The van der Waals surface area contributed by atoms with Gasteiger partial charge in [-0.1, -0.05) is 13.3 Å². The van der Waals surface area contributed by atoms with Crippen LogP contribution in [0.3, 0.4) is 0 Å². The van der Waals surface area contributed by atoms with Gasteiger partial charge in [0.2, 0.25) is 5.91 Å². The number of carbonyl (C=O) groups is 1. The molecular formula is C11H18N2O2. The summed E-state index contributed by atoms with van der Waals surface area (Å²) < 4.78 is 5.30. The van der Waals surface area contributed by atoms with Gasteiger partial charge in [0.1, 0.15) is 11.9 Å². The van der Waals surface area contributed by atoms with Gasteiger partial charge in [-0.15, -0.1) is 0 Å². The number of amidine groups is 1. The average molecular weight is 210 g/mol. The Kier molecular flexibility index (Phi) is 3.36. The lowest BCUT2D eigenvalue weighted by Gasteiger charge is -2.05. The fourth-order valence-electron chi connectivity index (χ4n) is 2.10. The van der Waals surface area contributed by atoms with Crippen LogP contribution in [0.5, 0.6) is 0 Å². The number of carbonyl (C=O) groups excluding carboxylic acids is 1. The first-order chi connectivity index (χ1) is 7.29. The molecule has 0 aromatic heterocycles. The van der Waals surface area contributed by atoms with Gasteiger partial charge in [0.25, 0.3) is 0 Å². The lowest BCUT2D eigenvalue weighted by Crippen LogP contribution is -2.29. The molecule has 0 saturated carbocycles. The van der Waals surface area contributed by atoms with E-state index in [0.29, 0.717) is 5.92 Å². The van der Waals surface area contributed by atoms with E-state index in [1.165, 1.54) is 0 Å². The molecule has 2 aliphatic rings. The van der Waals surface area contributed by atoms with Crippen molar-refractivity contribution in [3.8, 4) is 0 Å². The summed E-state index contributed by atoms with van der Waals surface area (Å²) in [5.41, 5.74) is 0. The standard InChI is InChI=1S/C11H18N2O2/c1-2-3-9-11(14)13-10(12-9)6-8-4-5-15-7-8/h8-9H,2-7H2,1H3,(H,12,13,14). The summed E-state index contributed by atoms with van der Waals surface area (Å²) in [6, 6.07) is -0.132. The van der Waals surface area contributed by atoms with Crippen LogP contribution in [0.1, 0.15) is 32.6 Å². The highest BCUT2D eigenvalue weighted by Gasteiger charge is 2.27. The number of rotatable bonds is 4. The first-order valence-corrected chi connectivity index (χ1v) is 5.75. The zero-order valence-electron chi connectivity index (χ0n) is 9.16. The van der Waals surface area contributed by atoms with E-state index in [4.69, 9.17) is 4.74 Å². The Morgan fingerprint density at radius 1 is 1.60 bits per heavy atom. The summed E-state index contributed by atoms with van der Waals surface area (Å²) in [6.07, 6.45) is 3.82. The van der Waals surface area contributed by atoms with E-state index in [1.807, 2.05) is 0 Å².